The Morgan fingerprint density at radius 2 is 1.71 bits per heavy atom. The van der Waals surface area contributed by atoms with Gasteiger partial charge in [-0.15, -0.1) is 11.3 Å². The largest absolute Gasteiger partial charge is 0.456 e. The van der Waals surface area contributed by atoms with Gasteiger partial charge in [0.2, 0.25) is 0 Å². The molecule has 10 heteroatoms. The van der Waals surface area contributed by atoms with E-state index in [4.69, 9.17) is 10.5 Å². The fraction of sp³-hybridized carbons (Fsp3) is 0.167. The van der Waals surface area contributed by atoms with E-state index in [1.54, 1.807) is 29.6 Å². The minimum absolute atomic E-state index is 0.149. The van der Waals surface area contributed by atoms with Crippen LogP contribution in [0.25, 0.3) is 0 Å². The minimum atomic E-state index is -0.743. The summed E-state index contributed by atoms with van der Waals surface area (Å²) in [6.07, 6.45) is -0.246. The van der Waals surface area contributed by atoms with Gasteiger partial charge in [0.1, 0.15) is 5.00 Å². The van der Waals surface area contributed by atoms with Gasteiger partial charge in [0.15, 0.2) is 6.61 Å². The van der Waals surface area contributed by atoms with Crippen LogP contribution < -0.4 is 11.1 Å². The molecule has 0 spiro atoms. The zero-order chi connectivity index (χ0) is 20.3. The molecule has 1 aromatic carbocycles. The molecule has 0 saturated heterocycles. The number of benzene rings is 1. The number of primary amides is 1. The molecule has 0 aliphatic carbocycles. The molecule has 28 heavy (non-hydrogen) atoms. The van der Waals surface area contributed by atoms with Crippen molar-refractivity contribution in [1.29, 1.82) is 0 Å². The van der Waals surface area contributed by atoms with Gasteiger partial charge in [-0.2, -0.15) is 0 Å². The first kappa shape index (κ1) is 19.2. The Bertz CT molecular complexity index is 948. The van der Waals surface area contributed by atoms with Crippen LogP contribution in [-0.2, 0) is 14.3 Å². The van der Waals surface area contributed by atoms with E-state index in [2.05, 4.69) is 5.32 Å². The number of carbonyl (C=O) groups excluding carboxylic acids is 5. The summed E-state index contributed by atoms with van der Waals surface area (Å²) in [7, 11) is 0. The molecule has 9 nitrogen and oxygen atoms in total. The molecule has 0 fully saturated rings. The summed E-state index contributed by atoms with van der Waals surface area (Å²) in [5.74, 6) is -3.01. The maximum atomic E-state index is 12.2. The number of nitrogens with two attached hydrogens (primary N) is 1. The molecule has 0 atom stereocenters. The number of amides is 4. The van der Waals surface area contributed by atoms with E-state index in [1.807, 2.05) is 0 Å². The quantitative estimate of drug-likeness (QED) is 0.525. The van der Waals surface area contributed by atoms with Crippen molar-refractivity contribution in [2.24, 2.45) is 5.73 Å². The normalized spacial score (nSPS) is 12.6. The summed E-state index contributed by atoms with van der Waals surface area (Å²) in [6, 6.07) is 7.86. The summed E-state index contributed by atoms with van der Waals surface area (Å²) in [6.45, 7) is -0.722. The van der Waals surface area contributed by atoms with Gasteiger partial charge in [-0.05, 0) is 23.6 Å². The number of hydrogen-bond acceptors (Lipinski definition) is 7. The molecular weight excluding hydrogens is 386 g/mol. The van der Waals surface area contributed by atoms with Gasteiger partial charge >= 0.3 is 5.97 Å². The Hall–Kier alpha value is -3.53. The smallest absolute Gasteiger partial charge is 0.308 e. The number of esters is 1. The fourth-order valence-electron chi connectivity index (χ4n) is 2.63. The second kappa shape index (κ2) is 8.01. The van der Waals surface area contributed by atoms with Gasteiger partial charge in [0, 0.05) is 6.54 Å². The Morgan fingerprint density at radius 1 is 1.07 bits per heavy atom. The van der Waals surface area contributed by atoms with Crippen molar-refractivity contribution in [3.63, 3.8) is 0 Å². The van der Waals surface area contributed by atoms with E-state index in [1.165, 1.54) is 6.07 Å². The Morgan fingerprint density at radius 3 is 2.32 bits per heavy atom. The van der Waals surface area contributed by atoms with Crippen molar-refractivity contribution in [1.82, 2.24) is 4.90 Å². The van der Waals surface area contributed by atoms with Crippen molar-refractivity contribution in [3.05, 3.63) is 52.4 Å². The average Bonchev–Trinajstić information content (AvgIpc) is 3.22. The van der Waals surface area contributed by atoms with Crippen molar-refractivity contribution >= 4 is 45.9 Å². The molecule has 0 radical (unpaired) electrons. The van der Waals surface area contributed by atoms with E-state index in [0.29, 0.717) is 11.1 Å². The number of carbonyl (C=O) groups is 5. The van der Waals surface area contributed by atoms with Crippen molar-refractivity contribution < 1.29 is 28.7 Å². The molecule has 3 rings (SSSR count). The molecule has 4 amide bonds. The number of imide groups is 1. The second-order valence-electron chi connectivity index (χ2n) is 5.79. The van der Waals surface area contributed by atoms with Crippen LogP contribution in [0.3, 0.4) is 0 Å². The van der Waals surface area contributed by atoms with Crippen LogP contribution in [0.2, 0.25) is 0 Å². The van der Waals surface area contributed by atoms with Gasteiger partial charge in [-0.1, -0.05) is 12.1 Å². The average molecular weight is 401 g/mol. The molecule has 3 N–H and O–H groups in total. The van der Waals surface area contributed by atoms with Crippen LogP contribution in [0.1, 0.15) is 37.5 Å². The molecule has 0 bridgehead atoms. The van der Waals surface area contributed by atoms with Gasteiger partial charge in [-0.25, -0.2) is 0 Å². The zero-order valence-corrected chi connectivity index (χ0v) is 15.3. The maximum Gasteiger partial charge on any atom is 0.308 e. The summed E-state index contributed by atoms with van der Waals surface area (Å²) >= 11 is 1.11. The van der Waals surface area contributed by atoms with Crippen LogP contribution in [0, 0.1) is 0 Å². The summed E-state index contributed by atoms with van der Waals surface area (Å²) in [5, 5.41) is 4.28. The van der Waals surface area contributed by atoms with Crippen LogP contribution in [0.5, 0.6) is 0 Å². The first-order chi connectivity index (χ1) is 13.4. The van der Waals surface area contributed by atoms with E-state index >= 15 is 0 Å². The number of thiophene rings is 1. The van der Waals surface area contributed by atoms with Crippen molar-refractivity contribution in [2.75, 3.05) is 18.5 Å². The van der Waals surface area contributed by atoms with E-state index in [0.717, 1.165) is 16.2 Å². The lowest BCUT2D eigenvalue weighted by molar-refractivity contribution is -0.147. The highest BCUT2D eigenvalue weighted by Gasteiger charge is 2.35. The SMILES string of the molecule is NC(=O)c1ccsc1NC(=O)COC(=O)CCN1C(=O)c2ccccc2C1=O. The summed E-state index contributed by atoms with van der Waals surface area (Å²) < 4.78 is 4.85. The number of anilines is 1. The summed E-state index contributed by atoms with van der Waals surface area (Å²) in [5.41, 5.74) is 5.93. The fourth-order valence-corrected chi connectivity index (χ4v) is 3.43. The van der Waals surface area contributed by atoms with Crippen LogP contribution in [0.4, 0.5) is 5.00 Å². The first-order valence-electron chi connectivity index (χ1n) is 8.16. The highest BCUT2D eigenvalue weighted by Crippen LogP contribution is 2.23. The molecule has 0 saturated carbocycles. The number of fused-ring (bicyclic) bond motifs is 1. The number of rotatable bonds is 7. The number of hydrogen-bond donors (Lipinski definition) is 2. The standard InChI is InChI=1S/C18H15N3O6S/c19-15(24)12-6-8-28-16(12)20-13(22)9-27-14(23)5-7-21-17(25)10-3-1-2-4-11(10)18(21)26/h1-4,6,8H,5,7,9H2,(H2,19,24)(H,20,22). The number of nitrogens with one attached hydrogen (secondary N) is 1. The molecule has 1 aromatic heterocycles. The Labute approximate surface area is 163 Å². The topological polar surface area (TPSA) is 136 Å². The van der Waals surface area contributed by atoms with Gasteiger partial charge in [-0.3, -0.25) is 28.9 Å². The third-order valence-electron chi connectivity index (χ3n) is 3.97. The van der Waals surface area contributed by atoms with Crippen LogP contribution in [0.15, 0.2) is 35.7 Å². The molecule has 0 unspecified atom stereocenters. The molecule has 2 aromatic rings. The molecular formula is C18H15N3O6S. The second-order valence-corrected chi connectivity index (χ2v) is 6.71. The van der Waals surface area contributed by atoms with Crippen molar-refractivity contribution in [3.8, 4) is 0 Å². The molecule has 144 valence electrons. The molecule has 1 aliphatic heterocycles. The Balaban J connectivity index is 1.47. The zero-order valence-electron chi connectivity index (χ0n) is 14.5. The monoisotopic (exact) mass is 401 g/mol. The third-order valence-corrected chi connectivity index (χ3v) is 4.80. The van der Waals surface area contributed by atoms with Gasteiger partial charge in [0.05, 0.1) is 23.1 Å². The minimum Gasteiger partial charge on any atom is -0.456 e. The van der Waals surface area contributed by atoms with Crippen LogP contribution in [-0.4, -0.2) is 47.6 Å². The number of nitrogens with zero attached hydrogens (tertiary/aromatic N) is 1. The highest BCUT2D eigenvalue weighted by molar-refractivity contribution is 7.14. The lowest BCUT2D eigenvalue weighted by Gasteiger charge is -2.13. The van der Waals surface area contributed by atoms with Crippen LogP contribution >= 0.6 is 11.3 Å². The van der Waals surface area contributed by atoms with Crippen molar-refractivity contribution in [2.45, 2.75) is 6.42 Å². The maximum absolute atomic E-state index is 12.2. The van der Waals surface area contributed by atoms with Gasteiger partial charge in [0.25, 0.3) is 23.6 Å². The predicted octanol–water partition coefficient (Wildman–Crippen LogP) is 1.01. The number of ether oxygens (including phenoxy) is 1. The lowest BCUT2D eigenvalue weighted by atomic mass is 10.1. The molecule has 2 heterocycles. The Kier molecular flexibility index (Phi) is 5.50. The summed E-state index contributed by atoms with van der Waals surface area (Å²) in [4.78, 5) is 60.3. The first-order valence-corrected chi connectivity index (χ1v) is 9.04. The highest BCUT2D eigenvalue weighted by atomic mass is 32.1. The molecule has 1 aliphatic rings. The van der Waals surface area contributed by atoms with E-state index in [9.17, 15) is 24.0 Å². The third kappa shape index (κ3) is 3.91. The van der Waals surface area contributed by atoms with E-state index in [-0.39, 0.29) is 23.5 Å². The van der Waals surface area contributed by atoms with E-state index < -0.39 is 36.2 Å². The predicted molar refractivity (Wildman–Crippen MR) is 98.9 cm³/mol. The lowest BCUT2D eigenvalue weighted by Crippen LogP contribution is -2.32. The van der Waals surface area contributed by atoms with Gasteiger partial charge < -0.3 is 15.8 Å².